The lowest BCUT2D eigenvalue weighted by Gasteiger charge is -2.07. The Balaban J connectivity index is 1.85. The molecule has 0 bridgehead atoms. The number of hydrogen-bond acceptors (Lipinski definition) is 8. The molecule has 27 heavy (non-hydrogen) atoms. The number of carbonyl (C=O) groups excluding carboxylic acids is 2. The minimum absolute atomic E-state index is 0.0565. The van der Waals surface area contributed by atoms with Crippen LogP contribution in [-0.2, 0) is 22.6 Å². The maximum absolute atomic E-state index is 12.6. The number of hydrogen-bond donors (Lipinski definition) is 1. The van der Waals surface area contributed by atoms with Gasteiger partial charge in [0.2, 0.25) is 5.13 Å². The van der Waals surface area contributed by atoms with Crippen molar-refractivity contribution >= 4 is 40.0 Å². The maximum atomic E-state index is 12.6. The van der Waals surface area contributed by atoms with Gasteiger partial charge in [0.05, 0.1) is 18.7 Å². The second kappa shape index (κ2) is 8.33. The van der Waals surface area contributed by atoms with Crippen LogP contribution >= 0.6 is 23.1 Å². The van der Waals surface area contributed by atoms with E-state index in [0.717, 1.165) is 11.5 Å². The third-order valence-electron chi connectivity index (χ3n) is 3.43. The van der Waals surface area contributed by atoms with Crippen molar-refractivity contribution in [2.75, 3.05) is 12.4 Å². The smallest absolute Gasteiger partial charge is 0.280 e. The Morgan fingerprint density at radius 2 is 2.04 bits per heavy atom. The molecule has 0 spiro atoms. The van der Waals surface area contributed by atoms with Gasteiger partial charge in [0.25, 0.3) is 5.91 Å². The topological polar surface area (TPSA) is 112 Å². The highest BCUT2D eigenvalue weighted by atomic mass is 35.5. The lowest BCUT2D eigenvalue weighted by Crippen LogP contribution is -2.16. The van der Waals surface area contributed by atoms with E-state index in [2.05, 4.69) is 25.0 Å². The standard InChI is InChI=1S/C16H15ClN6O3S/c1-9(24)7-13-18-16(27-21-13)19-15(25)14-12(8-26-2)23(22-20-14)11-5-3-10(17)4-6-11/h3-6H,7-8H2,1-2H3,(H,18,19,21,25). The summed E-state index contributed by atoms with van der Waals surface area (Å²) in [5, 5.41) is 11.5. The van der Waals surface area contributed by atoms with Gasteiger partial charge in [0.1, 0.15) is 11.5 Å². The first kappa shape index (κ1) is 19.1. The number of ketones is 1. The van der Waals surface area contributed by atoms with E-state index in [1.807, 2.05) is 0 Å². The predicted molar refractivity (Wildman–Crippen MR) is 99.3 cm³/mol. The Bertz CT molecular complexity index is 969. The summed E-state index contributed by atoms with van der Waals surface area (Å²) < 4.78 is 10.7. The molecule has 0 atom stereocenters. The highest BCUT2D eigenvalue weighted by molar-refractivity contribution is 7.09. The van der Waals surface area contributed by atoms with Crippen LogP contribution in [-0.4, -0.2) is 43.2 Å². The number of nitrogens with one attached hydrogen (secondary N) is 1. The molecular formula is C16H15ClN6O3S. The number of rotatable bonds is 7. The van der Waals surface area contributed by atoms with Crippen LogP contribution in [0.25, 0.3) is 5.69 Å². The summed E-state index contributed by atoms with van der Waals surface area (Å²) in [6, 6.07) is 6.95. The summed E-state index contributed by atoms with van der Waals surface area (Å²) in [5.41, 5.74) is 1.28. The molecule has 0 saturated carbocycles. The van der Waals surface area contributed by atoms with Crippen LogP contribution in [0.1, 0.15) is 28.9 Å². The lowest BCUT2D eigenvalue weighted by molar-refractivity contribution is -0.116. The number of aromatic nitrogens is 5. The van der Waals surface area contributed by atoms with Gasteiger partial charge in [-0.2, -0.15) is 4.37 Å². The monoisotopic (exact) mass is 406 g/mol. The molecule has 3 rings (SSSR count). The van der Waals surface area contributed by atoms with Gasteiger partial charge < -0.3 is 4.74 Å². The molecule has 11 heteroatoms. The molecule has 3 aromatic rings. The number of anilines is 1. The van der Waals surface area contributed by atoms with Crippen molar-refractivity contribution in [3.05, 3.63) is 46.5 Å². The fourth-order valence-electron chi connectivity index (χ4n) is 2.29. The van der Waals surface area contributed by atoms with Gasteiger partial charge in [0.15, 0.2) is 11.5 Å². The van der Waals surface area contributed by atoms with Crippen LogP contribution in [0, 0.1) is 0 Å². The number of benzene rings is 1. The molecule has 1 amide bonds. The number of halogens is 1. The molecule has 9 nitrogen and oxygen atoms in total. The molecule has 1 aromatic carbocycles. The molecule has 2 heterocycles. The predicted octanol–water partition coefficient (Wildman–Crippen LogP) is 2.30. The minimum atomic E-state index is -0.493. The van der Waals surface area contributed by atoms with Crippen molar-refractivity contribution in [1.82, 2.24) is 24.4 Å². The molecule has 0 aliphatic rings. The first-order chi connectivity index (χ1) is 13.0. The van der Waals surface area contributed by atoms with Gasteiger partial charge in [-0.15, -0.1) is 5.10 Å². The Morgan fingerprint density at radius 1 is 1.30 bits per heavy atom. The van der Waals surface area contributed by atoms with E-state index in [4.69, 9.17) is 16.3 Å². The molecule has 0 fully saturated rings. The molecule has 1 N–H and O–H groups in total. The molecule has 140 valence electrons. The third-order valence-corrected chi connectivity index (χ3v) is 4.35. The summed E-state index contributed by atoms with van der Waals surface area (Å²) in [6.45, 7) is 1.58. The maximum Gasteiger partial charge on any atom is 0.280 e. The Morgan fingerprint density at radius 3 is 2.70 bits per heavy atom. The summed E-state index contributed by atoms with van der Waals surface area (Å²) in [5.74, 6) is -0.184. The molecule has 0 radical (unpaired) electrons. The highest BCUT2D eigenvalue weighted by Gasteiger charge is 2.22. The SMILES string of the molecule is COCc1c(C(=O)Nc2nc(CC(C)=O)ns2)nnn1-c1ccc(Cl)cc1. The van der Waals surface area contributed by atoms with Crippen molar-refractivity contribution < 1.29 is 14.3 Å². The van der Waals surface area contributed by atoms with E-state index in [0.29, 0.717) is 22.2 Å². The quantitative estimate of drug-likeness (QED) is 0.640. The lowest BCUT2D eigenvalue weighted by atomic mass is 10.2. The zero-order valence-corrected chi connectivity index (χ0v) is 16.0. The van der Waals surface area contributed by atoms with Gasteiger partial charge >= 0.3 is 0 Å². The van der Waals surface area contributed by atoms with Crippen LogP contribution in [0.4, 0.5) is 5.13 Å². The van der Waals surface area contributed by atoms with Crippen molar-refractivity contribution in [3.63, 3.8) is 0 Å². The summed E-state index contributed by atoms with van der Waals surface area (Å²) in [4.78, 5) is 27.9. The highest BCUT2D eigenvalue weighted by Crippen LogP contribution is 2.19. The van der Waals surface area contributed by atoms with Gasteiger partial charge in [0, 0.05) is 23.7 Å². The van der Waals surface area contributed by atoms with E-state index in [-0.39, 0.29) is 29.6 Å². The summed E-state index contributed by atoms with van der Waals surface area (Å²) >= 11 is 6.90. The van der Waals surface area contributed by atoms with Crippen molar-refractivity contribution in [1.29, 1.82) is 0 Å². The van der Waals surface area contributed by atoms with E-state index in [1.54, 1.807) is 24.3 Å². The summed E-state index contributed by atoms with van der Waals surface area (Å²) in [6.07, 6.45) is 0.119. The fourth-order valence-corrected chi connectivity index (χ4v) is 3.00. The van der Waals surface area contributed by atoms with Crippen molar-refractivity contribution in [3.8, 4) is 5.69 Å². The van der Waals surface area contributed by atoms with Gasteiger partial charge in [-0.25, -0.2) is 9.67 Å². The molecular weight excluding hydrogens is 392 g/mol. The van der Waals surface area contributed by atoms with Gasteiger partial charge in [-0.05, 0) is 31.2 Å². The molecule has 0 aliphatic heterocycles. The van der Waals surface area contributed by atoms with Crippen LogP contribution in [0.15, 0.2) is 24.3 Å². The van der Waals surface area contributed by atoms with Gasteiger partial charge in [-0.1, -0.05) is 16.8 Å². The zero-order chi connectivity index (χ0) is 19.4. The molecule has 0 unspecified atom stereocenters. The molecule has 0 aliphatic carbocycles. The first-order valence-corrected chi connectivity index (χ1v) is 8.96. The number of amides is 1. The van der Waals surface area contributed by atoms with Crippen molar-refractivity contribution in [2.45, 2.75) is 20.0 Å². The van der Waals surface area contributed by atoms with E-state index < -0.39 is 5.91 Å². The normalized spacial score (nSPS) is 10.8. The average molecular weight is 407 g/mol. The largest absolute Gasteiger partial charge is 0.378 e. The molecule has 0 saturated heterocycles. The fraction of sp³-hybridized carbons (Fsp3) is 0.250. The minimum Gasteiger partial charge on any atom is -0.378 e. The Hall–Kier alpha value is -2.69. The average Bonchev–Trinajstić information content (AvgIpc) is 3.22. The Labute approximate surface area is 163 Å². The van der Waals surface area contributed by atoms with E-state index >= 15 is 0 Å². The number of carbonyl (C=O) groups is 2. The van der Waals surface area contributed by atoms with Crippen LogP contribution in [0.5, 0.6) is 0 Å². The van der Waals surface area contributed by atoms with Crippen LogP contribution in [0.2, 0.25) is 5.02 Å². The van der Waals surface area contributed by atoms with E-state index in [9.17, 15) is 9.59 Å². The second-order valence-electron chi connectivity index (χ2n) is 5.55. The first-order valence-electron chi connectivity index (χ1n) is 7.80. The zero-order valence-electron chi connectivity index (χ0n) is 14.5. The summed E-state index contributed by atoms with van der Waals surface area (Å²) in [7, 11) is 1.51. The number of ether oxygens (including phenoxy) is 1. The van der Waals surface area contributed by atoms with Gasteiger partial charge in [-0.3, -0.25) is 14.9 Å². The molecule has 2 aromatic heterocycles. The number of Topliss-reactive ketones (excluding diaryl/α,β-unsaturated/α-hetero) is 1. The number of methoxy groups -OCH3 is 1. The Kier molecular flexibility index (Phi) is 5.89. The van der Waals surface area contributed by atoms with Crippen LogP contribution in [0.3, 0.4) is 0 Å². The van der Waals surface area contributed by atoms with Crippen molar-refractivity contribution in [2.24, 2.45) is 0 Å². The van der Waals surface area contributed by atoms with Crippen LogP contribution < -0.4 is 5.32 Å². The third kappa shape index (κ3) is 4.54. The van der Waals surface area contributed by atoms with E-state index in [1.165, 1.54) is 18.7 Å². The number of nitrogens with zero attached hydrogens (tertiary/aromatic N) is 5. The second-order valence-corrected chi connectivity index (χ2v) is 6.74.